The fraction of sp³-hybridized carbons (Fsp3) is 0.0714. The number of nitrogens with zero attached hydrogens (tertiary/aromatic N) is 1. The van der Waals surface area contributed by atoms with Crippen molar-refractivity contribution < 1.29 is 14.0 Å². The molecule has 2 aromatic carbocycles. The first-order chi connectivity index (χ1) is 9.99. The third-order valence-electron chi connectivity index (χ3n) is 2.77. The molecule has 0 radical (unpaired) electrons. The topological polar surface area (TPSA) is 70.6 Å². The zero-order chi connectivity index (χ0) is 15.4. The largest absolute Gasteiger partial charge is 0.409 e. The van der Waals surface area contributed by atoms with Gasteiger partial charge in [-0.1, -0.05) is 16.8 Å². The summed E-state index contributed by atoms with van der Waals surface area (Å²) >= 11 is 5.78. The van der Waals surface area contributed by atoms with E-state index in [1.54, 1.807) is 0 Å². The summed E-state index contributed by atoms with van der Waals surface area (Å²) in [6.07, 6.45) is 0. The lowest BCUT2D eigenvalue weighted by Gasteiger charge is -2.09. The van der Waals surface area contributed by atoms with Crippen LogP contribution in [0.2, 0.25) is 5.02 Å². The number of rotatable bonds is 4. The Bertz CT molecular complexity index is 692. The highest BCUT2D eigenvalue weighted by molar-refractivity contribution is 6.30. The lowest BCUT2D eigenvalue weighted by atomic mass is 10.1. The number of nitrogens with two attached hydrogens (primary N) is 1. The molecule has 0 aliphatic carbocycles. The van der Waals surface area contributed by atoms with Gasteiger partial charge in [0.25, 0.3) is 0 Å². The fourth-order valence-electron chi connectivity index (χ4n) is 1.79. The molecule has 0 saturated carbocycles. The number of halogens is 3. The van der Waals surface area contributed by atoms with Crippen LogP contribution in [0.5, 0.6) is 0 Å². The van der Waals surface area contributed by atoms with E-state index in [-0.39, 0.29) is 23.6 Å². The van der Waals surface area contributed by atoms with E-state index in [1.807, 2.05) is 0 Å². The molecule has 0 fully saturated rings. The average molecular weight is 312 g/mol. The third kappa shape index (κ3) is 3.82. The second kappa shape index (κ2) is 6.41. The van der Waals surface area contributed by atoms with Gasteiger partial charge in [0.1, 0.15) is 11.6 Å². The van der Waals surface area contributed by atoms with Gasteiger partial charge in [0.2, 0.25) is 0 Å². The van der Waals surface area contributed by atoms with Crippen LogP contribution in [0.15, 0.2) is 41.6 Å². The van der Waals surface area contributed by atoms with E-state index >= 15 is 0 Å². The molecule has 7 heteroatoms. The van der Waals surface area contributed by atoms with E-state index < -0.39 is 11.6 Å². The van der Waals surface area contributed by atoms with Crippen molar-refractivity contribution in [3.63, 3.8) is 0 Å². The van der Waals surface area contributed by atoms with Crippen molar-refractivity contribution in [1.29, 1.82) is 0 Å². The maximum Gasteiger partial charge on any atom is 0.170 e. The van der Waals surface area contributed by atoms with Crippen molar-refractivity contribution in [2.45, 2.75) is 6.54 Å². The number of hydrogen-bond acceptors (Lipinski definition) is 3. The summed E-state index contributed by atoms with van der Waals surface area (Å²) in [6.45, 7) is 0.154. The first-order valence-corrected chi connectivity index (χ1v) is 6.33. The summed E-state index contributed by atoms with van der Waals surface area (Å²) in [7, 11) is 0. The average Bonchev–Trinajstić information content (AvgIpc) is 2.46. The molecule has 21 heavy (non-hydrogen) atoms. The Kier molecular flexibility index (Phi) is 4.59. The monoisotopic (exact) mass is 311 g/mol. The highest BCUT2D eigenvalue weighted by Gasteiger charge is 2.07. The third-order valence-corrected chi connectivity index (χ3v) is 3.01. The van der Waals surface area contributed by atoms with E-state index in [9.17, 15) is 8.78 Å². The molecule has 2 aromatic rings. The maximum atomic E-state index is 13.5. The van der Waals surface area contributed by atoms with Crippen LogP contribution in [0.25, 0.3) is 0 Å². The minimum atomic E-state index is -0.539. The van der Waals surface area contributed by atoms with Crippen molar-refractivity contribution in [2.24, 2.45) is 10.9 Å². The second-order valence-corrected chi connectivity index (χ2v) is 4.75. The molecule has 4 N–H and O–H groups in total. The van der Waals surface area contributed by atoms with Gasteiger partial charge in [-0.05, 0) is 42.0 Å². The Morgan fingerprint density at radius 3 is 2.71 bits per heavy atom. The molecule has 0 unspecified atom stereocenters. The predicted octanol–water partition coefficient (Wildman–Crippen LogP) is 3.32. The minimum absolute atomic E-state index is 0.154. The molecule has 0 aliphatic rings. The van der Waals surface area contributed by atoms with Crippen molar-refractivity contribution in [2.75, 3.05) is 5.32 Å². The molecule has 0 heterocycles. The number of nitrogens with one attached hydrogen (secondary N) is 1. The summed E-state index contributed by atoms with van der Waals surface area (Å²) in [4.78, 5) is 0. The van der Waals surface area contributed by atoms with Gasteiger partial charge in [-0.3, -0.25) is 0 Å². The van der Waals surface area contributed by atoms with Gasteiger partial charge in [0.05, 0.1) is 5.69 Å². The maximum absolute atomic E-state index is 13.5. The molecule has 0 aromatic heterocycles. The second-order valence-electron chi connectivity index (χ2n) is 4.31. The Labute approximate surface area is 124 Å². The Balaban J connectivity index is 2.20. The summed E-state index contributed by atoms with van der Waals surface area (Å²) in [5.41, 5.74) is 6.37. The highest BCUT2D eigenvalue weighted by Crippen LogP contribution is 2.20. The molecule has 4 nitrogen and oxygen atoms in total. The van der Waals surface area contributed by atoms with Crippen LogP contribution in [0.1, 0.15) is 11.1 Å². The summed E-state index contributed by atoms with van der Waals surface area (Å²) < 4.78 is 27.0. The number of hydrogen-bond donors (Lipinski definition) is 3. The number of benzene rings is 2. The zero-order valence-corrected chi connectivity index (χ0v) is 11.5. The van der Waals surface area contributed by atoms with Gasteiger partial charge in [-0.25, -0.2) is 8.78 Å². The van der Waals surface area contributed by atoms with Crippen molar-refractivity contribution in [3.05, 3.63) is 64.2 Å². The van der Waals surface area contributed by atoms with Gasteiger partial charge in [0.15, 0.2) is 5.84 Å². The highest BCUT2D eigenvalue weighted by atomic mass is 35.5. The van der Waals surface area contributed by atoms with Crippen LogP contribution < -0.4 is 11.1 Å². The molecule has 0 aliphatic heterocycles. The smallest absolute Gasteiger partial charge is 0.170 e. The molecular formula is C14H12ClF2N3O. The Morgan fingerprint density at radius 1 is 1.24 bits per heavy atom. The SMILES string of the molecule is N/C(=N/O)c1cc(F)cc(CNc2cc(Cl)ccc2F)c1. The zero-order valence-electron chi connectivity index (χ0n) is 10.8. The van der Waals surface area contributed by atoms with Crippen LogP contribution in [0.3, 0.4) is 0 Å². The van der Waals surface area contributed by atoms with Crippen LogP contribution >= 0.6 is 11.6 Å². The Hall–Kier alpha value is -2.34. The van der Waals surface area contributed by atoms with Gasteiger partial charge in [-0.15, -0.1) is 0 Å². The van der Waals surface area contributed by atoms with E-state index in [2.05, 4.69) is 10.5 Å². The number of anilines is 1. The first-order valence-electron chi connectivity index (χ1n) is 5.96. The minimum Gasteiger partial charge on any atom is -0.409 e. The molecule has 0 bridgehead atoms. The van der Waals surface area contributed by atoms with Gasteiger partial charge in [-0.2, -0.15) is 0 Å². The first kappa shape index (κ1) is 15.1. The lowest BCUT2D eigenvalue weighted by Crippen LogP contribution is -2.14. The van der Waals surface area contributed by atoms with E-state index in [1.165, 1.54) is 30.3 Å². The molecule has 110 valence electrons. The van der Waals surface area contributed by atoms with Crippen molar-refractivity contribution >= 4 is 23.1 Å². The normalized spacial score (nSPS) is 11.5. The molecule has 0 spiro atoms. The van der Waals surface area contributed by atoms with E-state index in [0.29, 0.717) is 10.6 Å². The van der Waals surface area contributed by atoms with Gasteiger partial charge >= 0.3 is 0 Å². The predicted molar refractivity (Wildman–Crippen MR) is 77.6 cm³/mol. The lowest BCUT2D eigenvalue weighted by molar-refractivity contribution is 0.318. The molecular weight excluding hydrogens is 300 g/mol. The van der Waals surface area contributed by atoms with Crippen LogP contribution in [-0.4, -0.2) is 11.0 Å². The van der Waals surface area contributed by atoms with Crippen molar-refractivity contribution in [1.82, 2.24) is 0 Å². The molecule has 0 saturated heterocycles. The van der Waals surface area contributed by atoms with Crippen LogP contribution in [0.4, 0.5) is 14.5 Å². The van der Waals surface area contributed by atoms with Crippen molar-refractivity contribution in [3.8, 4) is 0 Å². The summed E-state index contributed by atoms with van der Waals surface area (Å²) in [5.74, 6) is -1.21. The van der Waals surface area contributed by atoms with E-state index in [0.717, 1.165) is 6.07 Å². The van der Waals surface area contributed by atoms with Crippen LogP contribution in [-0.2, 0) is 6.54 Å². The standard InChI is InChI=1S/C14H12ClF2N3O/c15-10-1-2-12(17)13(6-10)19-7-8-3-9(14(18)20-21)5-11(16)4-8/h1-6,19,21H,7H2,(H2,18,20). The van der Waals surface area contributed by atoms with Crippen LogP contribution in [0, 0.1) is 11.6 Å². The van der Waals surface area contributed by atoms with Gasteiger partial charge < -0.3 is 16.3 Å². The Morgan fingerprint density at radius 2 is 2.00 bits per heavy atom. The number of amidine groups is 1. The van der Waals surface area contributed by atoms with Gasteiger partial charge in [0, 0.05) is 17.1 Å². The summed E-state index contributed by atoms with van der Waals surface area (Å²) in [6, 6.07) is 8.04. The molecule has 0 atom stereocenters. The summed E-state index contributed by atoms with van der Waals surface area (Å²) in [5, 5.41) is 14.6. The molecule has 0 amide bonds. The molecule has 2 rings (SSSR count). The fourth-order valence-corrected chi connectivity index (χ4v) is 1.96. The van der Waals surface area contributed by atoms with E-state index in [4.69, 9.17) is 22.5 Å². The quantitative estimate of drug-likeness (QED) is 0.351. The number of oxime groups is 1.